The number of amides is 1. The molecule has 4 heteroatoms. The summed E-state index contributed by atoms with van der Waals surface area (Å²) in [6, 6.07) is 0. The molecule has 1 amide bonds. The molecule has 0 saturated carbocycles. The van der Waals surface area contributed by atoms with Gasteiger partial charge in [-0.25, -0.2) is 0 Å². The summed E-state index contributed by atoms with van der Waals surface area (Å²) in [5.74, 6) is 0.884. The fourth-order valence-corrected chi connectivity index (χ4v) is 2.08. The second kappa shape index (κ2) is 6.86. The molecule has 0 bridgehead atoms. The first-order chi connectivity index (χ1) is 7.63. The Balaban J connectivity index is 2.23. The quantitative estimate of drug-likeness (QED) is 0.748. The van der Waals surface area contributed by atoms with Crippen molar-refractivity contribution < 1.29 is 9.90 Å². The second-order valence-corrected chi connectivity index (χ2v) is 4.90. The van der Waals surface area contributed by atoms with E-state index in [1.54, 1.807) is 0 Å². The highest BCUT2D eigenvalue weighted by Gasteiger charge is 2.20. The number of carbonyl (C=O) groups is 1. The van der Waals surface area contributed by atoms with Crippen molar-refractivity contribution in [2.24, 2.45) is 5.92 Å². The lowest BCUT2D eigenvalue weighted by Crippen LogP contribution is -2.49. The van der Waals surface area contributed by atoms with Gasteiger partial charge in [-0.05, 0) is 12.3 Å². The van der Waals surface area contributed by atoms with Gasteiger partial charge in [0.05, 0.1) is 0 Å². The molecule has 1 N–H and O–H groups in total. The maximum atomic E-state index is 11.7. The van der Waals surface area contributed by atoms with Crippen LogP contribution in [-0.4, -0.2) is 60.1 Å². The zero-order valence-electron chi connectivity index (χ0n) is 10.5. The summed E-state index contributed by atoms with van der Waals surface area (Å²) in [5, 5.41) is 8.68. The highest BCUT2D eigenvalue weighted by molar-refractivity contribution is 5.76. The minimum atomic E-state index is 0.110. The van der Waals surface area contributed by atoms with E-state index in [9.17, 15) is 4.79 Å². The Kier molecular flexibility index (Phi) is 5.77. The van der Waals surface area contributed by atoms with Crippen LogP contribution in [0.5, 0.6) is 0 Å². The van der Waals surface area contributed by atoms with Gasteiger partial charge in [-0.2, -0.15) is 0 Å². The Hall–Kier alpha value is -0.610. The van der Waals surface area contributed by atoms with Crippen molar-refractivity contribution in [1.82, 2.24) is 9.80 Å². The first-order valence-corrected chi connectivity index (χ1v) is 6.24. The highest BCUT2D eigenvalue weighted by Crippen LogP contribution is 2.07. The van der Waals surface area contributed by atoms with E-state index in [0.717, 1.165) is 32.7 Å². The van der Waals surface area contributed by atoms with E-state index in [-0.39, 0.29) is 12.5 Å². The molecular weight excluding hydrogens is 204 g/mol. The molecular formula is C12H24N2O2. The Morgan fingerprint density at radius 2 is 1.88 bits per heavy atom. The first-order valence-electron chi connectivity index (χ1n) is 6.24. The van der Waals surface area contributed by atoms with Gasteiger partial charge in [-0.3, -0.25) is 9.69 Å². The van der Waals surface area contributed by atoms with Gasteiger partial charge >= 0.3 is 0 Å². The van der Waals surface area contributed by atoms with Crippen LogP contribution in [0.4, 0.5) is 0 Å². The Morgan fingerprint density at radius 3 is 2.38 bits per heavy atom. The number of aliphatic hydroxyl groups excluding tert-OH is 1. The van der Waals surface area contributed by atoms with E-state index in [1.807, 2.05) is 4.90 Å². The van der Waals surface area contributed by atoms with Gasteiger partial charge in [-0.1, -0.05) is 13.8 Å². The molecule has 0 aromatic heterocycles. The van der Waals surface area contributed by atoms with E-state index in [4.69, 9.17) is 5.11 Å². The number of carbonyl (C=O) groups excluding carboxylic acids is 1. The molecule has 0 aliphatic carbocycles. The third-order valence-corrected chi connectivity index (χ3v) is 2.90. The molecule has 1 aliphatic heterocycles. The summed E-state index contributed by atoms with van der Waals surface area (Å²) in [7, 11) is 0. The topological polar surface area (TPSA) is 43.8 Å². The minimum Gasteiger partial charge on any atom is -0.396 e. The van der Waals surface area contributed by atoms with Gasteiger partial charge < -0.3 is 10.0 Å². The van der Waals surface area contributed by atoms with Crippen LogP contribution in [0, 0.1) is 5.92 Å². The fourth-order valence-electron chi connectivity index (χ4n) is 2.08. The summed E-state index contributed by atoms with van der Waals surface area (Å²) >= 11 is 0. The molecule has 4 nitrogen and oxygen atoms in total. The summed E-state index contributed by atoms with van der Waals surface area (Å²) in [5.41, 5.74) is 0. The zero-order valence-corrected chi connectivity index (χ0v) is 10.5. The van der Waals surface area contributed by atoms with Gasteiger partial charge in [-0.15, -0.1) is 0 Å². The summed E-state index contributed by atoms with van der Waals surface area (Å²) in [6.07, 6.45) is 1.08. The highest BCUT2D eigenvalue weighted by atomic mass is 16.3. The van der Waals surface area contributed by atoms with E-state index in [0.29, 0.717) is 18.8 Å². The molecule has 0 aromatic rings. The first kappa shape index (κ1) is 13.5. The molecule has 0 unspecified atom stereocenters. The van der Waals surface area contributed by atoms with E-state index >= 15 is 0 Å². The maximum absolute atomic E-state index is 11.7. The third-order valence-electron chi connectivity index (χ3n) is 2.90. The monoisotopic (exact) mass is 228 g/mol. The summed E-state index contributed by atoms with van der Waals surface area (Å²) < 4.78 is 0. The Labute approximate surface area is 98.2 Å². The lowest BCUT2D eigenvalue weighted by atomic mass is 10.2. The molecule has 1 aliphatic rings. The molecule has 1 fully saturated rings. The lowest BCUT2D eigenvalue weighted by Gasteiger charge is -2.35. The van der Waals surface area contributed by atoms with Crippen LogP contribution in [0.1, 0.15) is 26.7 Å². The van der Waals surface area contributed by atoms with Gasteiger partial charge in [0.25, 0.3) is 0 Å². The Morgan fingerprint density at radius 1 is 1.25 bits per heavy atom. The predicted octanol–water partition coefficient (Wildman–Crippen LogP) is 0.559. The second-order valence-electron chi connectivity index (χ2n) is 4.90. The smallest absolute Gasteiger partial charge is 0.222 e. The van der Waals surface area contributed by atoms with Crippen LogP contribution in [0.25, 0.3) is 0 Å². The van der Waals surface area contributed by atoms with Crippen molar-refractivity contribution in [1.29, 1.82) is 0 Å². The third kappa shape index (κ3) is 4.49. The number of nitrogens with zero attached hydrogens (tertiary/aromatic N) is 2. The van der Waals surface area contributed by atoms with E-state index in [2.05, 4.69) is 18.7 Å². The van der Waals surface area contributed by atoms with Crippen molar-refractivity contribution in [3.05, 3.63) is 0 Å². The van der Waals surface area contributed by atoms with Crippen LogP contribution in [0.15, 0.2) is 0 Å². The Bertz CT molecular complexity index is 211. The molecule has 0 radical (unpaired) electrons. The average molecular weight is 228 g/mol. The van der Waals surface area contributed by atoms with Crippen LogP contribution < -0.4 is 0 Å². The number of hydrogen-bond acceptors (Lipinski definition) is 3. The summed E-state index contributed by atoms with van der Waals surface area (Å²) in [4.78, 5) is 16.0. The molecule has 94 valence electrons. The molecule has 1 heterocycles. The average Bonchev–Trinajstić information content (AvgIpc) is 2.26. The summed E-state index contributed by atoms with van der Waals surface area (Å²) in [6.45, 7) is 9.34. The van der Waals surface area contributed by atoms with Crippen molar-refractivity contribution in [3.63, 3.8) is 0 Å². The number of hydrogen-bond donors (Lipinski definition) is 1. The van der Waals surface area contributed by atoms with Crippen LogP contribution >= 0.6 is 0 Å². The molecule has 16 heavy (non-hydrogen) atoms. The molecule has 1 rings (SSSR count). The van der Waals surface area contributed by atoms with E-state index in [1.165, 1.54) is 0 Å². The zero-order chi connectivity index (χ0) is 12.0. The standard InChI is InChI=1S/C12H24N2O2/c1-11(2)10-13-5-7-14(8-6-13)12(16)4-3-9-15/h11,15H,3-10H2,1-2H3. The van der Waals surface area contributed by atoms with Gasteiger partial charge in [0.15, 0.2) is 0 Å². The van der Waals surface area contributed by atoms with Crippen LogP contribution in [0.2, 0.25) is 0 Å². The van der Waals surface area contributed by atoms with Gasteiger partial charge in [0.1, 0.15) is 0 Å². The van der Waals surface area contributed by atoms with Crippen molar-refractivity contribution in [3.8, 4) is 0 Å². The molecule has 1 saturated heterocycles. The van der Waals surface area contributed by atoms with Crippen LogP contribution in [0.3, 0.4) is 0 Å². The molecule has 0 spiro atoms. The minimum absolute atomic E-state index is 0.110. The molecule has 0 aromatic carbocycles. The van der Waals surface area contributed by atoms with Crippen LogP contribution in [-0.2, 0) is 4.79 Å². The predicted molar refractivity (Wildman–Crippen MR) is 64.2 cm³/mol. The maximum Gasteiger partial charge on any atom is 0.222 e. The molecule has 0 atom stereocenters. The van der Waals surface area contributed by atoms with Gasteiger partial charge in [0, 0.05) is 45.8 Å². The van der Waals surface area contributed by atoms with Gasteiger partial charge in [0.2, 0.25) is 5.91 Å². The van der Waals surface area contributed by atoms with Crippen molar-refractivity contribution >= 4 is 5.91 Å². The number of aliphatic hydroxyl groups is 1. The largest absolute Gasteiger partial charge is 0.396 e. The SMILES string of the molecule is CC(C)CN1CCN(C(=O)CCCO)CC1. The number of rotatable bonds is 5. The van der Waals surface area contributed by atoms with Crippen molar-refractivity contribution in [2.75, 3.05) is 39.3 Å². The fraction of sp³-hybridized carbons (Fsp3) is 0.917. The normalized spacial score (nSPS) is 18.1. The lowest BCUT2D eigenvalue weighted by molar-refractivity contribution is -0.133. The van der Waals surface area contributed by atoms with Crippen molar-refractivity contribution in [2.45, 2.75) is 26.7 Å². The van der Waals surface area contributed by atoms with E-state index < -0.39 is 0 Å². The number of piperazine rings is 1.